The highest BCUT2D eigenvalue weighted by Gasteiger charge is 2.13. The van der Waals surface area contributed by atoms with E-state index in [0.717, 1.165) is 38.4 Å². The van der Waals surface area contributed by atoms with Crippen molar-refractivity contribution in [1.82, 2.24) is 30.4 Å². The van der Waals surface area contributed by atoms with Gasteiger partial charge in [0.1, 0.15) is 6.33 Å². The van der Waals surface area contributed by atoms with Gasteiger partial charge in [-0.15, -0.1) is 5.10 Å². The molecule has 28 heavy (non-hydrogen) atoms. The summed E-state index contributed by atoms with van der Waals surface area (Å²) in [5.41, 5.74) is 3.49. The van der Waals surface area contributed by atoms with Crippen LogP contribution >= 0.6 is 0 Å². The van der Waals surface area contributed by atoms with Crippen molar-refractivity contribution in [3.63, 3.8) is 0 Å². The van der Waals surface area contributed by atoms with Crippen LogP contribution in [0.1, 0.15) is 21.5 Å². The first-order chi connectivity index (χ1) is 13.8. The monoisotopic (exact) mass is 378 g/mol. The van der Waals surface area contributed by atoms with Crippen LogP contribution in [0.2, 0.25) is 0 Å². The highest BCUT2D eigenvalue weighted by molar-refractivity contribution is 5.97. The molecule has 0 aliphatic carbocycles. The number of nitrogens with one attached hydrogen (secondary N) is 1. The van der Waals surface area contributed by atoms with Gasteiger partial charge in [0.15, 0.2) is 0 Å². The van der Waals surface area contributed by atoms with Crippen molar-refractivity contribution >= 4 is 5.91 Å². The smallest absolute Gasteiger partial charge is 0.253 e. The Labute approximate surface area is 163 Å². The summed E-state index contributed by atoms with van der Waals surface area (Å²) in [6, 6.07) is 15.6. The maximum atomic E-state index is 12.7. The molecule has 0 atom stereocenters. The van der Waals surface area contributed by atoms with Crippen molar-refractivity contribution in [1.29, 1.82) is 0 Å². The predicted molar refractivity (Wildman–Crippen MR) is 103 cm³/mol. The molecule has 3 aromatic rings. The van der Waals surface area contributed by atoms with E-state index in [0.29, 0.717) is 17.8 Å². The molecular formula is C20H22N6O2. The summed E-state index contributed by atoms with van der Waals surface area (Å²) in [7, 11) is 0. The Kier molecular flexibility index (Phi) is 5.69. The second kappa shape index (κ2) is 8.73. The van der Waals surface area contributed by atoms with Crippen molar-refractivity contribution in [2.45, 2.75) is 13.1 Å². The van der Waals surface area contributed by atoms with Gasteiger partial charge in [-0.05, 0) is 33.7 Å². The van der Waals surface area contributed by atoms with Crippen LogP contribution in [0.4, 0.5) is 0 Å². The first-order valence-electron chi connectivity index (χ1n) is 9.28. The first kappa shape index (κ1) is 18.3. The standard InChI is InChI=1S/C20H22N6O2/c27-20(18-3-1-2-4-19(18)26-15-22-23-24-26)21-13-16-5-7-17(8-6-16)14-25-9-11-28-12-10-25/h1-8,15H,9-14H2,(H,21,27). The highest BCUT2D eigenvalue weighted by Crippen LogP contribution is 2.13. The molecule has 2 heterocycles. The second-order valence-corrected chi connectivity index (χ2v) is 6.66. The second-order valence-electron chi connectivity index (χ2n) is 6.66. The van der Waals surface area contributed by atoms with Crippen molar-refractivity contribution in [3.05, 3.63) is 71.5 Å². The molecule has 0 bridgehead atoms. The van der Waals surface area contributed by atoms with Gasteiger partial charge < -0.3 is 10.1 Å². The molecule has 1 fully saturated rings. The Balaban J connectivity index is 1.36. The molecule has 0 radical (unpaired) electrons. The number of carbonyl (C=O) groups excluding carboxylic acids is 1. The number of hydrogen-bond donors (Lipinski definition) is 1. The zero-order valence-corrected chi connectivity index (χ0v) is 15.5. The molecule has 0 saturated carbocycles. The van der Waals surface area contributed by atoms with Gasteiger partial charge in [-0.2, -0.15) is 4.68 Å². The lowest BCUT2D eigenvalue weighted by atomic mass is 10.1. The van der Waals surface area contributed by atoms with Gasteiger partial charge in [-0.25, -0.2) is 0 Å². The van der Waals surface area contributed by atoms with Crippen molar-refractivity contribution in [2.24, 2.45) is 0 Å². The first-order valence-corrected chi connectivity index (χ1v) is 9.28. The number of tetrazole rings is 1. The van der Waals surface area contributed by atoms with Crippen LogP contribution in [-0.4, -0.2) is 57.3 Å². The fourth-order valence-corrected chi connectivity index (χ4v) is 3.19. The van der Waals surface area contributed by atoms with Crippen LogP contribution in [0.15, 0.2) is 54.9 Å². The summed E-state index contributed by atoms with van der Waals surface area (Å²) >= 11 is 0. The number of ether oxygens (including phenoxy) is 1. The Morgan fingerprint density at radius 3 is 2.54 bits per heavy atom. The van der Waals surface area contributed by atoms with E-state index in [1.54, 1.807) is 6.07 Å². The van der Waals surface area contributed by atoms with Gasteiger partial charge in [-0.1, -0.05) is 36.4 Å². The molecule has 1 aromatic heterocycles. The van der Waals surface area contributed by atoms with E-state index in [1.165, 1.54) is 16.6 Å². The van der Waals surface area contributed by atoms with E-state index in [1.807, 2.05) is 18.2 Å². The number of benzene rings is 2. The number of aromatic nitrogens is 4. The lowest BCUT2D eigenvalue weighted by Gasteiger charge is -2.26. The van der Waals surface area contributed by atoms with Gasteiger partial charge in [-0.3, -0.25) is 9.69 Å². The molecule has 1 N–H and O–H groups in total. The van der Waals surface area contributed by atoms with Crippen molar-refractivity contribution in [2.75, 3.05) is 26.3 Å². The van der Waals surface area contributed by atoms with E-state index in [-0.39, 0.29) is 5.91 Å². The number of carbonyl (C=O) groups is 1. The average Bonchev–Trinajstić information content (AvgIpc) is 3.29. The predicted octanol–water partition coefficient (Wildman–Crippen LogP) is 1.42. The molecule has 2 aromatic carbocycles. The maximum Gasteiger partial charge on any atom is 0.253 e. The molecule has 144 valence electrons. The maximum absolute atomic E-state index is 12.7. The molecule has 1 saturated heterocycles. The quantitative estimate of drug-likeness (QED) is 0.698. The van der Waals surface area contributed by atoms with E-state index >= 15 is 0 Å². The molecular weight excluding hydrogens is 356 g/mol. The summed E-state index contributed by atoms with van der Waals surface area (Å²) in [6.45, 7) is 4.93. The lowest BCUT2D eigenvalue weighted by Crippen LogP contribution is -2.35. The summed E-state index contributed by atoms with van der Waals surface area (Å²) < 4.78 is 6.87. The SMILES string of the molecule is O=C(NCc1ccc(CN2CCOCC2)cc1)c1ccccc1-n1cnnn1. The van der Waals surface area contributed by atoms with Gasteiger partial charge >= 0.3 is 0 Å². The minimum atomic E-state index is -0.163. The zero-order valence-electron chi connectivity index (χ0n) is 15.5. The number of rotatable bonds is 6. The van der Waals surface area contributed by atoms with Crippen LogP contribution in [0, 0.1) is 0 Å². The van der Waals surface area contributed by atoms with Crippen LogP contribution < -0.4 is 5.32 Å². The normalized spacial score (nSPS) is 14.7. The third-order valence-corrected chi connectivity index (χ3v) is 4.73. The molecule has 1 aliphatic heterocycles. The Morgan fingerprint density at radius 1 is 1.04 bits per heavy atom. The van der Waals surface area contributed by atoms with Crippen LogP contribution in [-0.2, 0) is 17.8 Å². The third kappa shape index (κ3) is 4.41. The Bertz CT molecular complexity index is 905. The number of nitrogens with zero attached hydrogens (tertiary/aromatic N) is 5. The number of para-hydroxylation sites is 1. The van der Waals surface area contributed by atoms with Gasteiger partial charge in [0.05, 0.1) is 24.5 Å². The topological polar surface area (TPSA) is 85.2 Å². The van der Waals surface area contributed by atoms with Crippen LogP contribution in [0.3, 0.4) is 0 Å². The van der Waals surface area contributed by atoms with E-state index in [9.17, 15) is 4.79 Å². The van der Waals surface area contributed by atoms with Crippen molar-refractivity contribution < 1.29 is 9.53 Å². The van der Waals surface area contributed by atoms with Crippen molar-refractivity contribution in [3.8, 4) is 5.69 Å². The van der Waals surface area contributed by atoms with Gasteiger partial charge in [0.2, 0.25) is 0 Å². The van der Waals surface area contributed by atoms with E-state index in [4.69, 9.17) is 4.74 Å². The lowest BCUT2D eigenvalue weighted by molar-refractivity contribution is 0.0342. The summed E-state index contributed by atoms with van der Waals surface area (Å²) in [6.07, 6.45) is 1.47. The third-order valence-electron chi connectivity index (χ3n) is 4.73. The minimum Gasteiger partial charge on any atom is -0.379 e. The minimum absolute atomic E-state index is 0.163. The molecule has 1 aliphatic rings. The van der Waals surface area contributed by atoms with E-state index < -0.39 is 0 Å². The summed E-state index contributed by atoms with van der Waals surface area (Å²) in [4.78, 5) is 15.0. The molecule has 8 heteroatoms. The molecule has 0 spiro atoms. The molecule has 1 amide bonds. The summed E-state index contributed by atoms with van der Waals surface area (Å²) in [5.74, 6) is -0.163. The largest absolute Gasteiger partial charge is 0.379 e. The highest BCUT2D eigenvalue weighted by atomic mass is 16.5. The van der Waals surface area contributed by atoms with Gasteiger partial charge in [0.25, 0.3) is 5.91 Å². The average molecular weight is 378 g/mol. The number of amides is 1. The number of hydrogen-bond acceptors (Lipinski definition) is 6. The zero-order chi connectivity index (χ0) is 19.2. The number of morpholine rings is 1. The fraction of sp³-hybridized carbons (Fsp3) is 0.300. The summed E-state index contributed by atoms with van der Waals surface area (Å²) in [5, 5.41) is 14.1. The Morgan fingerprint density at radius 2 is 1.79 bits per heavy atom. The fourth-order valence-electron chi connectivity index (χ4n) is 3.19. The van der Waals surface area contributed by atoms with E-state index in [2.05, 4.69) is 50.0 Å². The van der Waals surface area contributed by atoms with Crippen LogP contribution in [0.5, 0.6) is 0 Å². The molecule has 4 rings (SSSR count). The van der Waals surface area contributed by atoms with Gasteiger partial charge in [0, 0.05) is 26.2 Å². The Hall–Kier alpha value is -3.10. The molecule has 8 nitrogen and oxygen atoms in total. The van der Waals surface area contributed by atoms with Crippen LogP contribution in [0.25, 0.3) is 5.69 Å². The molecule has 0 unspecified atom stereocenters.